The maximum Gasteiger partial charge on any atom is 0.242 e. The Morgan fingerprint density at radius 1 is 1.32 bits per heavy atom. The zero-order valence-electron chi connectivity index (χ0n) is 15.3. The fraction of sp³-hybridized carbons (Fsp3) is 0.389. The van der Waals surface area contributed by atoms with E-state index in [1.54, 1.807) is 25.3 Å². The first-order chi connectivity index (χ1) is 13.3. The molecule has 150 valence electrons. The number of aliphatic hydroxyl groups excluding tert-OH is 1. The zero-order chi connectivity index (χ0) is 20.3. The van der Waals surface area contributed by atoms with E-state index in [-0.39, 0.29) is 24.6 Å². The average Bonchev–Trinajstić information content (AvgIpc) is 3.08. The van der Waals surface area contributed by atoms with Gasteiger partial charge in [0.2, 0.25) is 11.8 Å². The molecule has 1 aromatic carbocycles. The third kappa shape index (κ3) is 4.97. The Hall–Kier alpha value is -2.69. The van der Waals surface area contributed by atoms with Crippen molar-refractivity contribution in [3.8, 4) is 5.75 Å². The van der Waals surface area contributed by atoms with Crippen LogP contribution in [0.25, 0.3) is 0 Å². The number of hydrogen-bond donors (Lipinski definition) is 6. The van der Waals surface area contributed by atoms with Crippen LogP contribution in [0.2, 0.25) is 0 Å². The summed E-state index contributed by atoms with van der Waals surface area (Å²) in [4.78, 5) is 29.6. The number of carbonyl (C=O) groups is 2. The topological polar surface area (TPSA) is 150 Å². The van der Waals surface area contributed by atoms with Crippen molar-refractivity contribution in [1.82, 2.24) is 15.6 Å². The number of benzene rings is 1. The molecule has 9 nitrogen and oxygen atoms in total. The highest BCUT2D eigenvalue weighted by Crippen LogP contribution is 2.26. The minimum atomic E-state index is -1.28. The fourth-order valence-electron chi connectivity index (χ4n) is 2.90. The van der Waals surface area contributed by atoms with Crippen molar-refractivity contribution in [2.24, 2.45) is 5.73 Å². The number of aromatic nitrogens is 1. The predicted octanol–water partition coefficient (Wildman–Crippen LogP) is -0.326. The quantitative estimate of drug-likeness (QED) is 0.356. The Morgan fingerprint density at radius 3 is 2.86 bits per heavy atom. The molecule has 0 fully saturated rings. The molecule has 3 unspecified atom stereocenters. The summed E-state index contributed by atoms with van der Waals surface area (Å²) in [5, 5.41) is 28.8. The minimum Gasteiger partial charge on any atom is -0.508 e. The Kier molecular flexibility index (Phi) is 6.12. The van der Waals surface area contributed by atoms with Crippen molar-refractivity contribution in [1.29, 1.82) is 0 Å². The van der Waals surface area contributed by atoms with Crippen LogP contribution in [-0.2, 0) is 22.4 Å². The maximum atomic E-state index is 12.4. The molecule has 1 aliphatic rings. The molecule has 0 radical (unpaired) electrons. The molecule has 4 bridgehead atoms. The number of rotatable bonds is 1. The van der Waals surface area contributed by atoms with Crippen LogP contribution >= 0.6 is 11.3 Å². The van der Waals surface area contributed by atoms with E-state index < -0.39 is 24.2 Å². The van der Waals surface area contributed by atoms with Gasteiger partial charge in [-0.05, 0) is 30.5 Å². The number of amides is 2. The van der Waals surface area contributed by atoms with E-state index in [4.69, 9.17) is 5.73 Å². The molecule has 2 amide bonds. The van der Waals surface area contributed by atoms with Crippen LogP contribution < -0.4 is 21.7 Å². The van der Waals surface area contributed by atoms with Gasteiger partial charge in [0.1, 0.15) is 18.0 Å². The fourth-order valence-corrected chi connectivity index (χ4v) is 3.73. The smallest absolute Gasteiger partial charge is 0.242 e. The predicted molar refractivity (Wildman–Crippen MR) is 105 cm³/mol. The van der Waals surface area contributed by atoms with E-state index in [1.165, 1.54) is 11.3 Å². The van der Waals surface area contributed by atoms with Gasteiger partial charge in [0, 0.05) is 17.5 Å². The van der Waals surface area contributed by atoms with E-state index in [0.717, 1.165) is 10.4 Å². The molecule has 2 aromatic rings. The van der Waals surface area contributed by atoms with Gasteiger partial charge in [-0.3, -0.25) is 9.59 Å². The second-order valence-electron chi connectivity index (χ2n) is 6.72. The Balaban J connectivity index is 1.93. The Bertz CT molecular complexity index is 869. The average molecular weight is 405 g/mol. The molecular formula is C18H23N5O4S. The third-order valence-corrected chi connectivity index (χ3v) is 5.38. The second-order valence-corrected chi connectivity index (χ2v) is 7.84. The summed E-state index contributed by atoms with van der Waals surface area (Å²) in [5.74, 6) is -0.667. The maximum absolute atomic E-state index is 12.4. The van der Waals surface area contributed by atoms with Crippen molar-refractivity contribution < 1.29 is 19.8 Å². The van der Waals surface area contributed by atoms with Gasteiger partial charge in [0.15, 0.2) is 5.13 Å². The van der Waals surface area contributed by atoms with Crippen LogP contribution in [0.1, 0.15) is 22.9 Å². The molecule has 0 spiro atoms. The van der Waals surface area contributed by atoms with Gasteiger partial charge in [-0.1, -0.05) is 12.1 Å². The molecule has 1 aromatic heterocycles. The zero-order valence-corrected chi connectivity index (χ0v) is 16.1. The summed E-state index contributed by atoms with van der Waals surface area (Å²) < 4.78 is 0. The molecule has 0 saturated carbocycles. The van der Waals surface area contributed by atoms with Gasteiger partial charge in [-0.25, -0.2) is 4.98 Å². The molecule has 3 atom stereocenters. The molecule has 0 saturated heterocycles. The second kappa shape index (κ2) is 8.55. The van der Waals surface area contributed by atoms with Gasteiger partial charge in [-0.2, -0.15) is 0 Å². The van der Waals surface area contributed by atoms with Crippen LogP contribution in [0, 0.1) is 0 Å². The first-order valence-corrected chi connectivity index (χ1v) is 9.66. The lowest BCUT2D eigenvalue weighted by Crippen LogP contribution is -2.54. The number of nitrogens with one attached hydrogen (secondary N) is 3. The molecule has 28 heavy (non-hydrogen) atoms. The van der Waals surface area contributed by atoms with Gasteiger partial charge in [0.05, 0.1) is 12.6 Å². The number of thiazole rings is 1. The number of anilines is 1. The summed E-state index contributed by atoms with van der Waals surface area (Å²) in [5.41, 5.74) is 7.13. The largest absolute Gasteiger partial charge is 0.508 e. The number of aliphatic hydroxyl groups is 1. The van der Waals surface area contributed by atoms with Crippen molar-refractivity contribution in [3.05, 3.63) is 40.4 Å². The highest BCUT2D eigenvalue weighted by atomic mass is 32.1. The molecule has 2 heterocycles. The monoisotopic (exact) mass is 405 g/mol. The molecule has 10 heteroatoms. The normalized spacial score (nSPS) is 22.0. The van der Waals surface area contributed by atoms with Crippen molar-refractivity contribution in [2.45, 2.75) is 38.1 Å². The highest BCUT2D eigenvalue weighted by Gasteiger charge is 2.23. The van der Waals surface area contributed by atoms with E-state index in [0.29, 0.717) is 17.1 Å². The number of phenols is 1. The van der Waals surface area contributed by atoms with Crippen molar-refractivity contribution >= 4 is 28.3 Å². The van der Waals surface area contributed by atoms with Gasteiger partial charge in [0.25, 0.3) is 0 Å². The van der Waals surface area contributed by atoms with Gasteiger partial charge < -0.3 is 31.9 Å². The Labute approximate surface area is 166 Å². The number of fused-ring (bicyclic) bond motifs is 4. The van der Waals surface area contributed by atoms with Crippen LogP contribution in [0.3, 0.4) is 0 Å². The Morgan fingerprint density at radius 2 is 2.11 bits per heavy atom. The SMILES string of the molecule is CC1NC(=O)CNc2ncc(s2)Cc2cc(ccc2O)CC(C(N)O)NC1=O. The van der Waals surface area contributed by atoms with Crippen LogP contribution in [0.4, 0.5) is 5.13 Å². The van der Waals surface area contributed by atoms with Gasteiger partial charge >= 0.3 is 0 Å². The van der Waals surface area contributed by atoms with Crippen LogP contribution in [-0.4, -0.2) is 51.9 Å². The lowest BCUT2D eigenvalue weighted by Gasteiger charge is -2.24. The lowest BCUT2D eigenvalue weighted by molar-refractivity contribution is -0.128. The molecule has 3 rings (SSSR count). The molecule has 1 aliphatic heterocycles. The van der Waals surface area contributed by atoms with Crippen LogP contribution in [0.5, 0.6) is 5.75 Å². The number of nitrogens with zero attached hydrogens (tertiary/aromatic N) is 1. The summed E-state index contributed by atoms with van der Waals surface area (Å²) in [6.07, 6.45) is 1.14. The van der Waals surface area contributed by atoms with Crippen molar-refractivity contribution in [3.63, 3.8) is 0 Å². The summed E-state index contributed by atoms with van der Waals surface area (Å²) >= 11 is 1.38. The third-order valence-electron chi connectivity index (χ3n) is 4.43. The van der Waals surface area contributed by atoms with Crippen LogP contribution in [0.15, 0.2) is 24.4 Å². The summed E-state index contributed by atoms with van der Waals surface area (Å²) in [6.45, 7) is 1.52. The van der Waals surface area contributed by atoms with Crippen molar-refractivity contribution in [2.75, 3.05) is 11.9 Å². The molecular weight excluding hydrogens is 382 g/mol. The standard InChI is InChI=1S/C18H23N5O4S/c1-9-17(27)23-13(16(19)26)5-10-2-3-14(24)11(4-10)6-12-7-20-18(28-12)21-8-15(25)22-9/h2-4,7,9,13,16,24,26H,5-6,8,19H2,1H3,(H,20,21)(H,22,25)(H,23,27). The highest BCUT2D eigenvalue weighted by molar-refractivity contribution is 7.15. The summed E-state index contributed by atoms with van der Waals surface area (Å²) in [7, 11) is 0. The number of nitrogens with two attached hydrogens (primary N) is 1. The number of carbonyl (C=O) groups excluding carboxylic acids is 2. The summed E-state index contributed by atoms with van der Waals surface area (Å²) in [6, 6.07) is 3.57. The minimum absolute atomic E-state index is 0.0335. The van der Waals surface area contributed by atoms with E-state index in [2.05, 4.69) is 20.9 Å². The molecule has 0 aliphatic carbocycles. The number of phenolic OH excluding ortho intramolecular Hbond substituents is 1. The van der Waals surface area contributed by atoms with E-state index in [9.17, 15) is 19.8 Å². The van der Waals surface area contributed by atoms with E-state index >= 15 is 0 Å². The van der Waals surface area contributed by atoms with E-state index in [1.807, 2.05) is 6.07 Å². The molecule has 7 N–H and O–H groups in total. The van der Waals surface area contributed by atoms with Gasteiger partial charge in [-0.15, -0.1) is 11.3 Å². The number of hydrogen-bond acceptors (Lipinski definition) is 8. The first kappa shape index (κ1) is 20.1. The first-order valence-electron chi connectivity index (χ1n) is 8.84. The number of aromatic hydroxyl groups is 1. The lowest BCUT2D eigenvalue weighted by atomic mass is 10.00.